The Bertz CT molecular complexity index is 1440. The highest BCUT2D eigenvalue weighted by Crippen LogP contribution is 2.33. The number of rotatable bonds is 4. The number of benzene rings is 3. The summed E-state index contributed by atoms with van der Waals surface area (Å²) in [7, 11) is -3.92. The van der Waals surface area contributed by atoms with Gasteiger partial charge in [-0.2, -0.15) is 13.2 Å². The molecule has 0 aliphatic heterocycles. The molecule has 10 heteroatoms. The van der Waals surface area contributed by atoms with Gasteiger partial charge < -0.3 is 0 Å². The Morgan fingerprint density at radius 2 is 1.36 bits per heavy atom. The van der Waals surface area contributed by atoms with E-state index in [-0.39, 0.29) is 16.4 Å². The molecule has 0 spiro atoms. The van der Waals surface area contributed by atoms with E-state index in [1.807, 2.05) is 0 Å². The van der Waals surface area contributed by atoms with Gasteiger partial charge in [-0.05, 0) is 47.5 Å². The normalized spacial score (nSPS) is 12.0. The smallest absolute Gasteiger partial charge is 0.228 e. The van der Waals surface area contributed by atoms with Crippen LogP contribution in [0.15, 0.2) is 83.8 Å². The van der Waals surface area contributed by atoms with Crippen LogP contribution in [0.5, 0.6) is 0 Å². The Labute approximate surface area is 192 Å². The Morgan fingerprint density at radius 1 is 0.758 bits per heavy atom. The van der Waals surface area contributed by atoms with Crippen LogP contribution in [-0.4, -0.2) is 18.4 Å². The average Bonchev–Trinajstić information content (AvgIpc) is 2.78. The maximum absolute atomic E-state index is 13.6. The maximum atomic E-state index is 13.6. The summed E-state index contributed by atoms with van der Waals surface area (Å²) in [5, 5.41) is 5.64. The third-order valence-corrected chi connectivity index (χ3v) is 5.94. The lowest BCUT2D eigenvalue weighted by Gasteiger charge is -2.12. The van der Waals surface area contributed by atoms with Gasteiger partial charge in [0.2, 0.25) is 10.0 Å². The van der Waals surface area contributed by atoms with Gasteiger partial charge in [-0.3, -0.25) is 0 Å². The highest BCUT2D eigenvalue weighted by atomic mass is 35.5. The van der Waals surface area contributed by atoms with Gasteiger partial charge in [0, 0.05) is 16.1 Å². The lowest BCUT2D eigenvalue weighted by Crippen LogP contribution is -2.11. The molecule has 0 amide bonds. The second-order valence-corrected chi connectivity index (χ2v) is 9.12. The molecule has 1 heterocycles. The lowest BCUT2D eigenvalue weighted by molar-refractivity contribution is -0.141. The van der Waals surface area contributed by atoms with E-state index in [1.54, 1.807) is 54.6 Å². The second-order valence-electron chi connectivity index (χ2n) is 7.12. The van der Waals surface area contributed by atoms with Crippen molar-refractivity contribution in [3.05, 3.63) is 89.6 Å². The highest BCUT2D eigenvalue weighted by molar-refractivity contribution is 7.89. The minimum atomic E-state index is -4.68. The zero-order valence-corrected chi connectivity index (χ0v) is 18.3. The summed E-state index contributed by atoms with van der Waals surface area (Å²) in [5.41, 5.74) is 0.866. The van der Waals surface area contributed by atoms with E-state index < -0.39 is 21.9 Å². The summed E-state index contributed by atoms with van der Waals surface area (Å²) in [5.74, 6) is -0.126. The molecule has 0 fully saturated rings. The van der Waals surface area contributed by atoms with Crippen molar-refractivity contribution in [2.45, 2.75) is 11.1 Å². The van der Waals surface area contributed by atoms with E-state index in [4.69, 9.17) is 16.7 Å². The molecule has 33 heavy (non-hydrogen) atoms. The molecular weight excluding hydrogens is 475 g/mol. The molecule has 0 aliphatic rings. The molecule has 0 aliphatic carbocycles. The molecule has 3 aromatic carbocycles. The van der Waals surface area contributed by atoms with Crippen molar-refractivity contribution in [2.75, 3.05) is 0 Å². The molecule has 5 nitrogen and oxygen atoms in total. The second kappa shape index (κ2) is 8.58. The monoisotopic (exact) mass is 489 g/mol. The van der Waals surface area contributed by atoms with E-state index in [9.17, 15) is 21.6 Å². The molecular formula is C23H15ClF3N3O2S. The standard InChI is InChI=1S/C23H15ClF3N3O2S/c24-18-9-7-14(8-10-18)20-13-21(23(25,26)27)30-22(29-20)17-5-1-3-15(11-17)16-4-2-6-19(12-16)33(28,31)32/h1-13H,(H2,28,31,32). The van der Waals surface area contributed by atoms with Crippen molar-refractivity contribution in [1.29, 1.82) is 0 Å². The number of hydrogen-bond donors (Lipinski definition) is 1. The molecule has 0 radical (unpaired) electrons. The number of halogens is 4. The summed E-state index contributed by atoms with van der Waals surface area (Å²) in [6.45, 7) is 0. The number of nitrogens with zero attached hydrogens (tertiary/aromatic N) is 2. The number of hydrogen-bond acceptors (Lipinski definition) is 4. The van der Waals surface area contributed by atoms with Crippen molar-refractivity contribution >= 4 is 21.6 Å². The van der Waals surface area contributed by atoms with Gasteiger partial charge in [0.1, 0.15) is 5.69 Å². The van der Waals surface area contributed by atoms with Crippen LogP contribution in [0.4, 0.5) is 13.2 Å². The summed E-state index contributed by atoms with van der Waals surface area (Å²) in [4.78, 5) is 7.99. The van der Waals surface area contributed by atoms with Crippen molar-refractivity contribution in [3.8, 4) is 33.8 Å². The first-order chi connectivity index (χ1) is 15.5. The Morgan fingerprint density at radius 3 is 2.00 bits per heavy atom. The molecule has 0 saturated heterocycles. The maximum Gasteiger partial charge on any atom is 0.433 e. The molecule has 168 valence electrons. The summed E-state index contributed by atoms with van der Waals surface area (Å²) in [6, 6.07) is 19.6. The van der Waals surface area contributed by atoms with E-state index in [0.717, 1.165) is 6.07 Å². The van der Waals surface area contributed by atoms with Gasteiger partial charge in [0.05, 0.1) is 10.6 Å². The fourth-order valence-corrected chi connectivity index (χ4v) is 3.87. The van der Waals surface area contributed by atoms with Crippen LogP contribution < -0.4 is 5.14 Å². The van der Waals surface area contributed by atoms with Crippen LogP contribution in [0.25, 0.3) is 33.8 Å². The van der Waals surface area contributed by atoms with Crippen LogP contribution in [0.3, 0.4) is 0 Å². The zero-order chi connectivity index (χ0) is 23.8. The number of alkyl halides is 3. The quantitative estimate of drug-likeness (QED) is 0.392. The molecule has 2 N–H and O–H groups in total. The fourth-order valence-electron chi connectivity index (χ4n) is 3.18. The molecule has 0 unspecified atom stereocenters. The highest BCUT2D eigenvalue weighted by Gasteiger charge is 2.34. The van der Waals surface area contributed by atoms with Crippen molar-refractivity contribution in [3.63, 3.8) is 0 Å². The summed E-state index contributed by atoms with van der Waals surface area (Å²) >= 11 is 5.89. The lowest BCUT2D eigenvalue weighted by atomic mass is 10.0. The third-order valence-electron chi connectivity index (χ3n) is 4.77. The molecule has 4 rings (SSSR count). The van der Waals surface area contributed by atoms with E-state index in [0.29, 0.717) is 27.3 Å². The zero-order valence-electron chi connectivity index (χ0n) is 16.7. The molecule has 1 aromatic heterocycles. The Hall–Kier alpha value is -3.27. The minimum absolute atomic E-state index is 0.0780. The molecule has 0 atom stereocenters. The third kappa shape index (κ3) is 5.22. The predicted molar refractivity (Wildman–Crippen MR) is 120 cm³/mol. The first kappa shape index (κ1) is 22.9. The van der Waals surface area contributed by atoms with Crippen molar-refractivity contribution in [2.24, 2.45) is 5.14 Å². The van der Waals surface area contributed by atoms with Gasteiger partial charge >= 0.3 is 6.18 Å². The summed E-state index contributed by atoms with van der Waals surface area (Å²) < 4.78 is 64.0. The van der Waals surface area contributed by atoms with Crippen LogP contribution in [0.2, 0.25) is 5.02 Å². The predicted octanol–water partition coefficient (Wildman–Crippen LogP) is 5.80. The van der Waals surface area contributed by atoms with Gasteiger partial charge in [-0.1, -0.05) is 54.1 Å². The Kier molecular flexibility index (Phi) is 5.96. The molecule has 0 saturated carbocycles. The number of aromatic nitrogens is 2. The summed E-state index contributed by atoms with van der Waals surface area (Å²) in [6.07, 6.45) is -4.68. The topological polar surface area (TPSA) is 85.9 Å². The van der Waals surface area contributed by atoms with Crippen LogP contribution in [-0.2, 0) is 16.2 Å². The van der Waals surface area contributed by atoms with Gasteiger partial charge in [-0.15, -0.1) is 0 Å². The average molecular weight is 490 g/mol. The first-order valence-corrected chi connectivity index (χ1v) is 11.4. The van der Waals surface area contributed by atoms with Crippen LogP contribution >= 0.6 is 11.6 Å². The van der Waals surface area contributed by atoms with Crippen LogP contribution in [0.1, 0.15) is 5.69 Å². The van der Waals surface area contributed by atoms with Crippen LogP contribution in [0, 0.1) is 0 Å². The number of sulfonamides is 1. The Balaban J connectivity index is 1.84. The van der Waals surface area contributed by atoms with E-state index in [2.05, 4.69) is 9.97 Å². The molecule has 4 aromatic rings. The SMILES string of the molecule is NS(=O)(=O)c1cccc(-c2cccc(-c3nc(-c4ccc(Cl)cc4)cc(C(F)(F)F)n3)c2)c1. The number of primary sulfonamides is 1. The molecule has 0 bridgehead atoms. The first-order valence-electron chi connectivity index (χ1n) is 9.46. The van der Waals surface area contributed by atoms with E-state index in [1.165, 1.54) is 18.2 Å². The minimum Gasteiger partial charge on any atom is -0.228 e. The fraction of sp³-hybridized carbons (Fsp3) is 0.0435. The van der Waals surface area contributed by atoms with E-state index >= 15 is 0 Å². The largest absolute Gasteiger partial charge is 0.433 e. The van der Waals surface area contributed by atoms with Crippen molar-refractivity contribution < 1.29 is 21.6 Å². The van der Waals surface area contributed by atoms with Gasteiger partial charge in [0.25, 0.3) is 0 Å². The van der Waals surface area contributed by atoms with Gasteiger partial charge in [0.15, 0.2) is 5.82 Å². The number of nitrogens with two attached hydrogens (primary N) is 1. The van der Waals surface area contributed by atoms with Gasteiger partial charge in [-0.25, -0.2) is 23.5 Å². The van der Waals surface area contributed by atoms with Crippen molar-refractivity contribution in [1.82, 2.24) is 9.97 Å².